The maximum atomic E-state index is 14.8. The van der Waals surface area contributed by atoms with Crippen LogP contribution in [-0.2, 0) is 11.2 Å². The number of aromatic nitrogens is 4. The summed E-state index contributed by atoms with van der Waals surface area (Å²) >= 11 is 6.52. The van der Waals surface area contributed by atoms with Crippen LogP contribution >= 0.6 is 11.6 Å². The molecule has 2 aliphatic rings. The highest BCUT2D eigenvalue weighted by Gasteiger charge is 2.28. The third-order valence-corrected chi connectivity index (χ3v) is 7.12. The summed E-state index contributed by atoms with van der Waals surface area (Å²) in [5.74, 6) is 0.893. The molecule has 0 saturated carbocycles. The van der Waals surface area contributed by atoms with Gasteiger partial charge in [-0.15, -0.1) is 0 Å². The lowest BCUT2D eigenvalue weighted by Crippen LogP contribution is -2.48. The summed E-state index contributed by atoms with van der Waals surface area (Å²) in [5, 5.41) is 8.54. The fourth-order valence-electron chi connectivity index (χ4n) is 5.07. The molecule has 1 fully saturated rings. The number of carbonyl (C=O) groups excluding carboxylic acids is 1. The van der Waals surface area contributed by atoms with Crippen LogP contribution in [-0.4, -0.2) is 63.8 Å². The predicted octanol–water partition coefficient (Wildman–Crippen LogP) is 4.13. The van der Waals surface area contributed by atoms with Gasteiger partial charge in [0.25, 0.3) is 0 Å². The molecular formula is C25H22ClFN6O2. The zero-order chi connectivity index (χ0) is 24.1. The number of halogens is 2. The largest absolute Gasteiger partial charge is 0.492 e. The van der Waals surface area contributed by atoms with E-state index in [2.05, 4.69) is 31.6 Å². The van der Waals surface area contributed by atoms with Crippen molar-refractivity contribution in [3.63, 3.8) is 0 Å². The molecule has 0 unspecified atom stereocenters. The van der Waals surface area contributed by atoms with Crippen LogP contribution in [0, 0.1) is 5.82 Å². The third kappa shape index (κ3) is 3.49. The van der Waals surface area contributed by atoms with E-state index in [-0.39, 0.29) is 10.9 Å². The van der Waals surface area contributed by atoms with Crippen molar-refractivity contribution in [1.29, 1.82) is 0 Å². The first kappa shape index (κ1) is 21.8. The van der Waals surface area contributed by atoms with Crippen molar-refractivity contribution in [1.82, 2.24) is 25.1 Å². The number of piperazine rings is 1. The lowest BCUT2D eigenvalue weighted by molar-refractivity contribution is -0.126. The molecule has 0 bridgehead atoms. The predicted molar refractivity (Wildman–Crippen MR) is 132 cm³/mol. The maximum absolute atomic E-state index is 14.8. The van der Waals surface area contributed by atoms with Crippen LogP contribution in [0.4, 0.5) is 10.2 Å². The minimum Gasteiger partial charge on any atom is -0.492 e. The molecule has 1 N–H and O–H groups in total. The minimum absolute atomic E-state index is 0.0447. The zero-order valence-electron chi connectivity index (χ0n) is 18.9. The van der Waals surface area contributed by atoms with Gasteiger partial charge in [0.1, 0.15) is 23.7 Å². The molecular weight excluding hydrogens is 471 g/mol. The molecule has 2 aromatic carbocycles. The average Bonchev–Trinajstić information content (AvgIpc) is 3.36. The van der Waals surface area contributed by atoms with Crippen molar-refractivity contribution >= 4 is 45.1 Å². The first-order valence-electron chi connectivity index (χ1n) is 11.5. The van der Waals surface area contributed by atoms with Crippen LogP contribution in [0.15, 0.2) is 37.3 Å². The molecule has 2 aliphatic heterocycles. The molecule has 10 heteroatoms. The Labute approximate surface area is 205 Å². The second-order valence-electron chi connectivity index (χ2n) is 8.67. The van der Waals surface area contributed by atoms with Gasteiger partial charge in [0.05, 0.1) is 34.2 Å². The van der Waals surface area contributed by atoms with Crippen molar-refractivity contribution < 1.29 is 13.9 Å². The van der Waals surface area contributed by atoms with Crippen LogP contribution in [0.2, 0.25) is 5.02 Å². The molecule has 2 aromatic heterocycles. The molecule has 178 valence electrons. The normalized spacial score (nSPS) is 15.8. The van der Waals surface area contributed by atoms with E-state index in [4.69, 9.17) is 16.3 Å². The number of amides is 1. The number of nitrogens with one attached hydrogen (secondary N) is 1. The number of fused-ring (bicyclic) bond motifs is 4. The van der Waals surface area contributed by atoms with Crippen LogP contribution in [0.3, 0.4) is 0 Å². The van der Waals surface area contributed by atoms with Crippen molar-refractivity contribution in [2.24, 2.45) is 0 Å². The lowest BCUT2D eigenvalue weighted by atomic mass is 9.90. The summed E-state index contributed by atoms with van der Waals surface area (Å²) in [7, 11) is 0. The second kappa shape index (κ2) is 8.49. The first-order chi connectivity index (χ1) is 17.1. The summed E-state index contributed by atoms with van der Waals surface area (Å²) < 4.78 is 21.0. The molecule has 8 nitrogen and oxygen atoms in total. The Bertz CT molecular complexity index is 1490. The van der Waals surface area contributed by atoms with Crippen molar-refractivity contribution in [3.8, 4) is 16.9 Å². The molecule has 0 aliphatic carbocycles. The molecule has 0 spiro atoms. The highest BCUT2D eigenvalue weighted by atomic mass is 35.5. The average molecular weight is 493 g/mol. The van der Waals surface area contributed by atoms with Crippen LogP contribution < -0.4 is 9.64 Å². The number of ether oxygens (including phenoxy) is 1. The SMILES string of the molecule is C=CC(=O)N1CCN(c2ncnc3cc(-c4c(Cl)c(F)cc5[nH]ncc45)c4c(c23)OCCC4)CC1. The van der Waals surface area contributed by atoms with Gasteiger partial charge < -0.3 is 14.5 Å². The Balaban J connectivity index is 1.53. The van der Waals surface area contributed by atoms with E-state index < -0.39 is 5.82 Å². The lowest BCUT2D eigenvalue weighted by Gasteiger charge is -2.35. The van der Waals surface area contributed by atoms with Crippen molar-refractivity contribution in [2.45, 2.75) is 12.8 Å². The van der Waals surface area contributed by atoms with Crippen LogP contribution in [0.5, 0.6) is 5.75 Å². The Kier molecular flexibility index (Phi) is 5.29. The van der Waals surface area contributed by atoms with E-state index in [0.29, 0.717) is 55.1 Å². The minimum atomic E-state index is -0.515. The van der Waals surface area contributed by atoms with Gasteiger partial charge in [0.15, 0.2) is 0 Å². The summed E-state index contributed by atoms with van der Waals surface area (Å²) in [5.41, 5.74) is 3.58. The van der Waals surface area contributed by atoms with Gasteiger partial charge in [-0.05, 0) is 30.5 Å². The van der Waals surface area contributed by atoms with Crippen molar-refractivity contribution in [3.05, 3.63) is 53.7 Å². The monoisotopic (exact) mass is 492 g/mol. The molecule has 6 rings (SSSR count). The standard InChI is InChI=1S/C25H22ClFN6O2/c1-2-20(34)32-5-7-33(8-6-32)25-22-19(28-13-29-25)10-15(14-4-3-9-35-24(14)22)21-16-12-30-31-18(16)11-17(27)23(21)26/h2,10-13H,1,3-9H2,(H,30,31). The van der Waals surface area contributed by atoms with Gasteiger partial charge in [-0.1, -0.05) is 18.2 Å². The molecule has 1 amide bonds. The number of benzene rings is 2. The van der Waals surface area contributed by atoms with Gasteiger partial charge in [0, 0.05) is 48.8 Å². The van der Waals surface area contributed by atoms with E-state index in [1.165, 1.54) is 18.5 Å². The number of carbonyl (C=O) groups is 1. The number of aromatic amines is 1. The molecule has 0 radical (unpaired) electrons. The number of H-pyrrole nitrogens is 1. The van der Waals surface area contributed by atoms with E-state index in [1.807, 2.05) is 6.07 Å². The first-order valence-corrected chi connectivity index (χ1v) is 11.9. The summed E-state index contributed by atoms with van der Waals surface area (Å²) in [4.78, 5) is 25.1. The number of hydrogen-bond acceptors (Lipinski definition) is 6. The fraction of sp³-hybridized carbons (Fsp3) is 0.280. The fourth-order valence-corrected chi connectivity index (χ4v) is 5.33. The van der Waals surface area contributed by atoms with Crippen LogP contribution in [0.25, 0.3) is 32.9 Å². The summed E-state index contributed by atoms with van der Waals surface area (Å²) in [6.45, 7) is 6.57. The molecule has 4 heterocycles. The molecule has 1 saturated heterocycles. The summed E-state index contributed by atoms with van der Waals surface area (Å²) in [6, 6.07) is 3.30. The van der Waals surface area contributed by atoms with E-state index in [0.717, 1.165) is 40.6 Å². The third-order valence-electron chi connectivity index (χ3n) is 6.75. The van der Waals surface area contributed by atoms with Gasteiger partial charge >= 0.3 is 0 Å². The number of hydrogen-bond donors (Lipinski definition) is 1. The second-order valence-corrected chi connectivity index (χ2v) is 9.05. The van der Waals surface area contributed by atoms with Crippen LogP contribution in [0.1, 0.15) is 12.0 Å². The highest BCUT2D eigenvalue weighted by Crippen LogP contribution is 2.46. The maximum Gasteiger partial charge on any atom is 0.246 e. The van der Waals surface area contributed by atoms with Gasteiger partial charge in [-0.3, -0.25) is 9.89 Å². The molecule has 35 heavy (non-hydrogen) atoms. The topological polar surface area (TPSA) is 87.2 Å². The van der Waals surface area contributed by atoms with E-state index >= 15 is 0 Å². The Morgan fingerprint density at radius 1 is 1.23 bits per heavy atom. The molecule has 4 aromatic rings. The van der Waals surface area contributed by atoms with E-state index in [1.54, 1.807) is 11.1 Å². The van der Waals surface area contributed by atoms with Gasteiger partial charge in [-0.25, -0.2) is 14.4 Å². The van der Waals surface area contributed by atoms with Gasteiger partial charge in [-0.2, -0.15) is 5.10 Å². The number of rotatable bonds is 3. The van der Waals surface area contributed by atoms with Gasteiger partial charge in [0.2, 0.25) is 5.91 Å². The Morgan fingerprint density at radius 3 is 2.86 bits per heavy atom. The quantitative estimate of drug-likeness (QED) is 0.433. The Hall–Kier alpha value is -3.72. The molecule has 0 atom stereocenters. The van der Waals surface area contributed by atoms with Crippen molar-refractivity contribution in [2.75, 3.05) is 37.7 Å². The van der Waals surface area contributed by atoms with E-state index in [9.17, 15) is 9.18 Å². The summed E-state index contributed by atoms with van der Waals surface area (Å²) in [6.07, 6.45) is 6.11. The Morgan fingerprint density at radius 2 is 2.06 bits per heavy atom. The zero-order valence-corrected chi connectivity index (χ0v) is 19.6. The number of anilines is 1. The highest BCUT2D eigenvalue weighted by molar-refractivity contribution is 6.35. The smallest absolute Gasteiger partial charge is 0.246 e. The number of nitrogens with zero attached hydrogens (tertiary/aromatic N) is 5.